The number of nitrogens with one attached hydrogen (secondary N) is 2. The maximum atomic E-state index is 12.9. The van der Waals surface area contributed by atoms with Crippen molar-refractivity contribution in [1.82, 2.24) is 14.7 Å². The molecule has 1 aliphatic carbocycles. The summed E-state index contributed by atoms with van der Waals surface area (Å²) in [6.07, 6.45) is -0.479. The molecule has 4 N–H and O–H groups in total. The van der Waals surface area contributed by atoms with Gasteiger partial charge in [0, 0.05) is 29.3 Å². The zero-order chi connectivity index (χ0) is 21.2. The number of anilines is 1. The van der Waals surface area contributed by atoms with E-state index in [0.29, 0.717) is 17.1 Å². The fourth-order valence-electron chi connectivity index (χ4n) is 3.44. The van der Waals surface area contributed by atoms with Crippen molar-refractivity contribution in [2.45, 2.75) is 50.9 Å². The summed E-state index contributed by atoms with van der Waals surface area (Å²) in [6, 6.07) is 5.02. The lowest BCUT2D eigenvalue weighted by atomic mass is 9.91. The zero-order valence-corrected chi connectivity index (χ0v) is 16.6. The molecule has 0 radical (unpaired) electrons. The van der Waals surface area contributed by atoms with Crippen LogP contribution in [0.2, 0.25) is 0 Å². The molecule has 10 heteroatoms. The number of hydrogen-bond acceptors (Lipinski definition) is 5. The Labute approximate surface area is 171 Å². The molecule has 0 atom stereocenters. The first-order chi connectivity index (χ1) is 13.7. The van der Waals surface area contributed by atoms with Crippen molar-refractivity contribution in [2.24, 2.45) is 5.73 Å². The SMILES string of the molecule is C/C(N)=C(/C=S)C(=O)NC1CCC(Nc2cccc3nc(C(F)(F)F)cn23)CC1. The van der Waals surface area contributed by atoms with Gasteiger partial charge in [0.2, 0.25) is 0 Å². The molecule has 0 saturated heterocycles. The maximum absolute atomic E-state index is 12.9. The molecule has 1 saturated carbocycles. The number of allylic oxidation sites excluding steroid dienone is 1. The Balaban J connectivity index is 1.63. The van der Waals surface area contributed by atoms with Crippen LogP contribution >= 0.6 is 12.2 Å². The number of carbonyl (C=O) groups is 1. The van der Waals surface area contributed by atoms with E-state index >= 15 is 0 Å². The summed E-state index contributed by atoms with van der Waals surface area (Å²) in [5, 5.41) is 7.52. The first-order valence-corrected chi connectivity index (χ1v) is 9.70. The number of carbonyl (C=O) groups excluding carboxylic acids is 1. The molecule has 6 nitrogen and oxygen atoms in total. The van der Waals surface area contributed by atoms with Crippen molar-refractivity contribution < 1.29 is 18.0 Å². The molecule has 2 aromatic heterocycles. The highest BCUT2D eigenvalue weighted by Crippen LogP contribution is 2.30. The standard InChI is InChI=1S/C19H22F3N5OS/c1-11(23)14(10-29)18(28)25-13-7-5-12(6-8-13)24-16-3-2-4-17-26-15(9-27(16)17)19(20,21)22/h2-4,9-10,12-13,24H,5-8,23H2,1H3,(H,25,28)/b14-11+. The quantitative estimate of drug-likeness (QED) is 0.505. The Hall–Kier alpha value is -2.62. The number of imidazole rings is 1. The Morgan fingerprint density at radius 3 is 2.52 bits per heavy atom. The average Bonchev–Trinajstić information content (AvgIpc) is 3.09. The van der Waals surface area contributed by atoms with Crippen LogP contribution in [0.5, 0.6) is 0 Å². The van der Waals surface area contributed by atoms with Crippen molar-refractivity contribution in [1.29, 1.82) is 0 Å². The molecule has 156 valence electrons. The van der Waals surface area contributed by atoms with Crippen LogP contribution < -0.4 is 16.4 Å². The number of amides is 1. The minimum absolute atomic E-state index is 0.00530. The largest absolute Gasteiger partial charge is 0.434 e. The average molecular weight is 425 g/mol. The van der Waals surface area contributed by atoms with E-state index in [2.05, 4.69) is 15.6 Å². The second kappa shape index (κ2) is 8.40. The van der Waals surface area contributed by atoms with E-state index in [0.717, 1.165) is 31.9 Å². The third-order valence-corrected chi connectivity index (χ3v) is 5.22. The molecule has 0 aromatic carbocycles. The summed E-state index contributed by atoms with van der Waals surface area (Å²) in [5.74, 6) is 0.280. The second-order valence-corrected chi connectivity index (χ2v) is 7.38. The fourth-order valence-corrected chi connectivity index (χ4v) is 3.74. The third-order valence-electron chi connectivity index (χ3n) is 4.98. The molecule has 1 aliphatic rings. The zero-order valence-electron chi connectivity index (χ0n) is 15.8. The van der Waals surface area contributed by atoms with Crippen molar-refractivity contribution >= 4 is 35.0 Å². The summed E-state index contributed by atoms with van der Waals surface area (Å²) >= 11 is 4.84. The van der Waals surface area contributed by atoms with Gasteiger partial charge in [-0.15, -0.1) is 0 Å². The van der Waals surface area contributed by atoms with Crippen LogP contribution in [0, 0.1) is 0 Å². The second-order valence-electron chi connectivity index (χ2n) is 7.14. The molecular formula is C19H22F3N5OS. The van der Waals surface area contributed by atoms with E-state index in [1.165, 1.54) is 15.8 Å². The number of alkyl halides is 3. The molecule has 29 heavy (non-hydrogen) atoms. The normalized spacial score (nSPS) is 20.8. The number of nitrogens with two attached hydrogens (primary N) is 1. The number of thiocarbonyl (C=S) groups is 1. The van der Waals surface area contributed by atoms with Gasteiger partial charge in [-0.3, -0.25) is 9.20 Å². The number of fused-ring (bicyclic) bond motifs is 1. The van der Waals surface area contributed by atoms with Gasteiger partial charge in [-0.05, 0) is 44.7 Å². The monoisotopic (exact) mass is 425 g/mol. The molecule has 0 spiro atoms. The molecule has 2 aromatic rings. The van der Waals surface area contributed by atoms with Crippen LogP contribution in [0.15, 0.2) is 35.7 Å². The van der Waals surface area contributed by atoms with Crippen molar-refractivity contribution in [2.75, 3.05) is 5.32 Å². The van der Waals surface area contributed by atoms with Crippen LogP contribution in [0.3, 0.4) is 0 Å². The highest BCUT2D eigenvalue weighted by molar-refractivity contribution is 7.79. The van der Waals surface area contributed by atoms with E-state index in [-0.39, 0.29) is 23.6 Å². The summed E-state index contributed by atoms with van der Waals surface area (Å²) in [6.45, 7) is 1.62. The van der Waals surface area contributed by atoms with E-state index < -0.39 is 11.9 Å². The van der Waals surface area contributed by atoms with Crippen molar-refractivity contribution in [3.8, 4) is 0 Å². The van der Waals surface area contributed by atoms with Crippen LogP contribution in [0.4, 0.5) is 19.0 Å². The highest BCUT2D eigenvalue weighted by Gasteiger charge is 2.34. The smallest absolute Gasteiger partial charge is 0.402 e. The van der Waals surface area contributed by atoms with Gasteiger partial charge in [-0.1, -0.05) is 18.3 Å². The predicted molar refractivity (Wildman–Crippen MR) is 109 cm³/mol. The van der Waals surface area contributed by atoms with Gasteiger partial charge in [0.05, 0.1) is 5.57 Å². The third kappa shape index (κ3) is 4.87. The minimum Gasteiger partial charge on any atom is -0.402 e. The number of pyridine rings is 1. The Bertz CT molecular complexity index is 941. The van der Waals surface area contributed by atoms with Gasteiger partial charge in [-0.2, -0.15) is 13.2 Å². The van der Waals surface area contributed by atoms with E-state index in [4.69, 9.17) is 18.0 Å². The number of aromatic nitrogens is 2. The Kier molecular flexibility index (Phi) is 6.11. The lowest BCUT2D eigenvalue weighted by Gasteiger charge is -2.30. The Morgan fingerprint density at radius 1 is 1.28 bits per heavy atom. The van der Waals surface area contributed by atoms with Gasteiger partial charge in [0.15, 0.2) is 5.69 Å². The van der Waals surface area contributed by atoms with E-state index in [1.807, 2.05) is 0 Å². The lowest BCUT2D eigenvalue weighted by molar-refractivity contribution is -0.140. The number of hydrogen-bond donors (Lipinski definition) is 3. The highest BCUT2D eigenvalue weighted by atomic mass is 32.1. The number of rotatable bonds is 5. The predicted octanol–water partition coefficient (Wildman–Crippen LogP) is 3.42. The van der Waals surface area contributed by atoms with Gasteiger partial charge >= 0.3 is 6.18 Å². The number of nitrogens with zero attached hydrogens (tertiary/aromatic N) is 2. The van der Waals surface area contributed by atoms with Crippen molar-refractivity contribution in [3.05, 3.63) is 41.4 Å². The molecule has 3 rings (SSSR count). The molecule has 0 unspecified atom stereocenters. The topological polar surface area (TPSA) is 84.5 Å². The van der Waals surface area contributed by atoms with Gasteiger partial charge in [0.1, 0.15) is 11.5 Å². The number of halogens is 3. The van der Waals surface area contributed by atoms with E-state index in [1.54, 1.807) is 19.1 Å². The van der Waals surface area contributed by atoms with Gasteiger partial charge in [-0.25, -0.2) is 4.98 Å². The molecule has 0 bridgehead atoms. The first kappa shape index (κ1) is 21.1. The molecule has 2 heterocycles. The van der Waals surface area contributed by atoms with Crippen LogP contribution in [-0.2, 0) is 11.0 Å². The lowest BCUT2D eigenvalue weighted by Crippen LogP contribution is -2.41. The van der Waals surface area contributed by atoms with Crippen molar-refractivity contribution in [3.63, 3.8) is 0 Å². The molecule has 1 fully saturated rings. The summed E-state index contributed by atoms with van der Waals surface area (Å²) in [5.41, 5.74) is 5.66. The molecular weight excluding hydrogens is 403 g/mol. The summed E-state index contributed by atoms with van der Waals surface area (Å²) in [4.78, 5) is 15.9. The minimum atomic E-state index is -4.49. The van der Waals surface area contributed by atoms with Crippen LogP contribution in [0.1, 0.15) is 38.3 Å². The summed E-state index contributed by atoms with van der Waals surface area (Å²) < 4.78 is 40.3. The van der Waals surface area contributed by atoms with Crippen LogP contribution in [-0.4, -0.2) is 32.7 Å². The summed E-state index contributed by atoms with van der Waals surface area (Å²) in [7, 11) is 0. The fraction of sp³-hybridized carbons (Fsp3) is 0.421. The first-order valence-electron chi connectivity index (χ1n) is 9.23. The molecule has 1 amide bonds. The van der Waals surface area contributed by atoms with Gasteiger partial charge < -0.3 is 16.4 Å². The van der Waals surface area contributed by atoms with Gasteiger partial charge in [0.25, 0.3) is 5.91 Å². The Morgan fingerprint density at radius 2 is 1.93 bits per heavy atom. The maximum Gasteiger partial charge on any atom is 0.434 e. The van der Waals surface area contributed by atoms with Crippen LogP contribution in [0.25, 0.3) is 5.65 Å². The molecule has 0 aliphatic heterocycles. The van der Waals surface area contributed by atoms with E-state index in [9.17, 15) is 18.0 Å².